The first-order valence-corrected chi connectivity index (χ1v) is 14.1. The molecule has 0 spiro atoms. The Labute approximate surface area is 203 Å². The van der Waals surface area contributed by atoms with E-state index in [0.29, 0.717) is 35.7 Å². The molecule has 5 aliphatic rings. The van der Waals surface area contributed by atoms with Gasteiger partial charge in [-0.1, -0.05) is 48.5 Å². The zero-order valence-corrected chi connectivity index (χ0v) is 22.6. The maximum atomic E-state index is 12.0. The van der Waals surface area contributed by atoms with Crippen LogP contribution in [0.15, 0.2) is 0 Å². The summed E-state index contributed by atoms with van der Waals surface area (Å²) >= 11 is 0. The monoisotopic (exact) mass is 460 g/mol. The Bertz CT molecular complexity index is 789. The van der Waals surface area contributed by atoms with E-state index in [1.807, 2.05) is 0 Å². The molecule has 5 fully saturated rings. The van der Waals surface area contributed by atoms with Gasteiger partial charge in [-0.3, -0.25) is 0 Å². The molecular weight excluding hydrogens is 408 g/mol. The van der Waals surface area contributed by atoms with Crippen molar-refractivity contribution in [1.82, 2.24) is 0 Å². The van der Waals surface area contributed by atoms with E-state index in [-0.39, 0.29) is 39.3 Å². The van der Waals surface area contributed by atoms with Crippen LogP contribution in [0.3, 0.4) is 0 Å². The van der Waals surface area contributed by atoms with Gasteiger partial charge in [-0.05, 0) is 120 Å². The van der Waals surface area contributed by atoms with E-state index >= 15 is 0 Å². The van der Waals surface area contributed by atoms with E-state index in [1.54, 1.807) is 0 Å². The lowest BCUT2D eigenvalue weighted by molar-refractivity contribution is -0.281. The molecule has 3 heteroatoms. The summed E-state index contributed by atoms with van der Waals surface area (Å²) in [5.74, 6) is 1.74. The molecule has 3 N–H and O–H groups in total. The molecular formula is C30H52O3. The van der Waals surface area contributed by atoms with Crippen LogP contribution >= 0.6 is 0 Å². The maximum absolute atomic E-state index is 12.0. The molecule has 0 bridgehead atoms. The lowest BCUT2D eigenvalue weighted by Gasteiger charge is -2.74. The van der Waals surface area contributed by atoms with Crippen molar-refractivity contribution >= 4 is 0 Å². The van der Waals surface area contributed by atoms with Gasteiger partial charge in [0.2, 0.25) is 0 Å². The summed E-state index contributed by atoms with van der Waals surface area (Å²) in [5.41, 5.74) is 0.767. The van der Waals surface area contributed by atoms with Crippen LogP contribution in [0.2, 0.25) is 0 Å². The Hall–Kier alpha value is -0.120. The normalized spacial score (nSPS) is 57.3. The van der Waals surface area contributed by atoms with E-state index < -0.39 is 0 Å². The molecule has 0 heterocycles. The van der Waals surface area contributed by atoms with Gasteiger partial charge in [0.05, 0.1) is 12.2 Å². The molecule has 0 radical (unpaired) electrons. The van der Waals surface area contributed by atoms with Crippen molar-refractivity contribution in [1.29, 1.82) is 0 Å². The van der Waals surface area contributed by atoms with E-state index in [9.17, 15) is 15.3 Å². The maximum Gasteiger partial charge on any atom is 0.0594 e. The Balaban J connectivity index is 1.57. The molecule has 4 unspecified atom stereocenters. The summed E-state index contributed by atoms with van der Waals surface area (Å²) in [4.78, 5) is 0. The van der Waals surface area contributed by atoms with Gasteiger partial charge in [0.15, 0.2) is 0 Å². The van der Waals surface area contributed by atoms with Crippen molar-refractivity contribution in [3.63, 3.8) is 0 Å². The Morgan fingerprint density at radius 3 is 2.06 bits per heavy atom. The third kappa shape index (κ3) is 3.03. The predicted molar refractivity (Wildman–Crippen MR) is 134 cm³/mol. The van der Waals surface area contributed by atoms with Crippen molar-refractivity contribution in [3.05, 3.63) is 0 Å². The number of aliphatic hydroxyl groups is 3. The zero-order chi connectivity index (χ0) is 24.2. The third-order valence-corrected chi connectivity index (χ3v) is 13.7. The minimum Gasteiger partial charge on any atom is -0.396 e. The summed E-state index contributed by atoms with van der Waals surface area (Å²) in [6, 6.07) is 0. The highest BCUT2D eigenvalue weighted by atomic mass is 16.3. The predicted octanol–water partition coefficient (Wildman–Crippen LogP) is 6.19. The number of rotatable bonds is 1. The topological polar surface area (TPSA) is 60.7 Å². The van der Waals surface area contributed by atoms with Crippen molar-refractivity contribution in [2.75, 3.05) is 6.61 Å². The quantitative estimate of drug-likeness (QED) is 0.437. The first-order valence-electron chi connectivity index (χ1n) is 14.1. The van der Waals surface area contributed by atoms with Crippen molar-refractivity contribution in [2.24, 2.45) is 56.2 Å². The average molecular weight is 461 g/mol. The van der Waals surface area contributed by atoms with E-state index in [4.69, 9.17) is 0 Å². The third-order valence-electron chi connectivity index (χ3n) is 13.7. The molecule has 10 atom stereocenters. The molecule has 0 aromatic rings. The molecule has 0 amide bonds. The summed E-state index contributed by atoms with van der Waals surface area (Å²) in [6.07, 6.45) is 10.6. The molecule has 5 saturated carbocycles. The zero-order valence-electron chi connectivity index (χ0n) is 22.6. The van der Waals surface area contributed by atoms with Crippen LogP contribution in [0.1, 0.15) is 113 Å². The van der Waals surface area contributed by atoms with Crippen LogP contribution in [0.5, 0.6) is 0 Å². The molecule has 0 aromatic heterocycles. The fourth-order valence-corrected chi connectivity index (χ4v) is 11.4. The van der Waals surface area contributed by atoms with Gasteiger partial charge < -0.3 is 15.3 Å². The second-order valence-corrected chi connectivity index (χ2v) is 15.7. The molecule has 3 nitrogen and oxygen atoms in total. The minimum absolute atomic E-state index is 0.0158. The van der Waals surface area contributed by atoms with E-state index in [2.05, 4.69) is 48.5 Å². The van der Waals surface area contributed by atoms with Crippen LogP contribution in [-0.2, 0) is 0 Å². The van der Waals surface area contributed by atoms with Gasteiger partial charge in [-0.25, -0.2) is 0 Å². The molecule has 0 aromatic carbocycles. The number of hydrogen-bond donors (Lipinski definition) is 3. The average Bonchev–Trinajstić information content (AvgIpc) is 2.72. The first kappa shape index (κ1) is 24.6. The second kappa shape index (κ2) is 7.22. The lowest BCUT2D eigenvalue weighted by atomic mass is 9.31. The van der Waals surface area contributed by atoms with E-state index in [1.165, 1.54) is 19.3 Å². The van der Waals surface area contributed by atoms with Crippen LogP contribution < -0.4 is 0 Å². The van der Waals surface area contributed by atoms with Crippen molar-refractivity contribution in [2.45, 2.75) is 125 Å². The van der Waals surface area contributed by atoms with Gasteiger partial charge in [-0.15, -0.1) is 0 Å². The van der Waals surface area contributed by atoms with Gasteiger partial charge in [0, 0.05) is 6.61 Å². The highest BCUT2D eigenvalue weighted by molar-refractivity contribution is 5.20. The fourth-order valence-electron chi connectivity index (χ4n) is 11.4. The van der Waals surface area contributed by atoms with Crippen LogP contribution in [-0.4, -0.2) is 34.1 Å². The van der Waals surface area contributed by atoms with E-state index in [0.717, 1.165) is 44.9 Å². The SMILES string of the molecule is CC1(C)CC[C@]2(CO)CC[C@]3(C)C(C2C1)[C@@H](O)CC1[C@@]2(C)CC[C@@H](O)C(C)(C)C2CC[C@]13C. The largest absolute Gasteiger partial charge is 0.396 e. The van der Waals surface area contributed by atoms with Crippen molar-refractivity contribution < 1.29 is 15.3 Å². The summed E-state index contributed by atoms with van der Waals surface area (Å²) in [6.45, 7) is 17.4. The van der Waals surface area contributed by atoms with Gasteiger partial charge in [0.1, 0.15) is 0 Å². The molecule has 0 saturated heterocycles. The summed E-state index contributed by atoms with van der Waals surface area (Å²) < 4.78 is 0. The number of hydrogen-bond acceptors (Lipinski definition) is 3. The van der Waals surface area contributed by atoms with Crippen LogP contribution in [0.4, 0.5) is 0 Å². The molecule has 190 valence electrons. The van der Waals surface area contributed by atoms with Gasteiger partial charge >= 0.3 is 0 Å². The van der Waals surface area contributed by atoms with Crippen LogP contribution in [0.25, 0.3) is 0 Å². The standard InChI is InChI=1S/C30H52O3/c1-25(2)12-14-30(18-31)15-13-29(7)24(19(30)17-25)20(32)16-22-27(5)10-9-23(33)26(3,4)21(27)8-11-28(22,29)6/h19-24,31-33H,8-18H2,1-7H3/t19?,20-,21?,22?,23+,24?,27-,28+,29+,30+/m0/s1. The minimum atomic E-state index is -0.274. The van der Waals surface area contributed by atoms with Gasteiger partial charge in [-0.2, -0.15) is 0 Å². The lowest BCUT2D eigenvalue weighted by Crippen LogP contribution is -2.70. The molecule has 5 aliphatic carbocycles. The highest BCUT2D eigenvalue weighted by Gasteiger charge is 2.71. The van der Waals surface area contributed by atoms with Crippen LogP contribution in [0, 0.1) is 56.2 Å². The first-order chi connectivity index (χ1) is 15.2. The smallest absolute Gasteiger partial charge is 0.0594 e. The highest BCUT2D eigenvalue weighted by Crippen LogP contribution is 2.76. The Morgan fingerprint density at radius 1 is 0.727 bits per heavy atom. The fraction of sp³-hybridized carbons (Fsp3) is 1.00. The number of aliphatic hydroxyl groups excluding tert-OH is 3. The number of fused-ring (bicyclic) bond motifs is 7. The molecule has 33 heavy (non-hydrogen) atoms. The summed E-state index contributed by atoms with van der Waals surface area (Å²) in [7, 11) is 0. The summed E-state index contributed by atoms with van der Waals surface area (Å²) in [5, 5.41) is 33.6. The molecule has 5 rings (SSSR count). The molecule has 0 aliphatic heterocycles. The van der Waals surface area contributed by atoms with Crippen molar-refractivity contribution in [3.8, 4) is 0 Å². The van der Waals surface area contributed by atoms with Gasteiger partial charge in [0.25, 0.3) is 0 Å². The Morgan fingerprint density at radius 2 is 1.39 bits per heavy atom. The second-order valence-electron chi connectivity index (χ2n) is 15.7. The Kier molecular flexibility index (Phi) is 5.38.